The van der Waals surface area contributed by atoms with Crippen molar-refractivity contribution in [2.45, 2.75) is 13.8 Å². The maximum atomic E-state index is 12.1. The largest absolute Gasteiger partial charge is 0.457 e. The van der Waals surface area contributed by atoms with E-state index in [-0.39, 0.29) is 17.4 Å². The number of nitrogens with zero attached hydrogens (tertiary/aromatic N) is 1. The van der Waals surface area contributed by atoms with Crippen LogP contribution in [0.5, 0.6) is 0 Å². The van der Waals surface area contributed by atoms with E-state index in [0.717, 1.165) is 5.56 Å². The topological polar surface area (TPSA) is 73.3 Å². The average molecular weight is 359 g/mol. The molecule has 1 aromatic heterocycles. The summed E-state index contributed by atoms with van der Waals surface area (Å²) in [5, 5.41) is 10.9. The summed E-state index contributed by atoms with van der Waals surface area (Å²) in [5.41, 5.74) is 1.38. The Morgan fingerprint density at radius 2 is 2.08 bits per heavy atom. The van der Waals surface area contributed by atoms with E-state index in [9.17, 15) is 14.9 Å². The Morgan fingerprint density at radius 1 is 1.33 bits per heavy atom. The second-order valence-corrected chi connectivity index (χ2v) is 7.26. The van der Waals surface area contributed by atoms with Crippen molar-refractivity contribution in [2.75, 3.05) is 0 Å². The van der Waals surface area contributed by atoms with Gasteiger partial charge >= 0.3 is 0 Å². The number of hydrogen-bond acceptors (Lipinski definition) is 6. The number of hydrogen-bond donors (Lipinski definition) is 0. The summed E-state index contributed by atoms with van der Waals surface area (Å²) < 4.78 is 6.42. The first-order valence-electron chi connectivity index (χ1n) is 7.19. The molecule has 2 aromatic rings. The first-order chi connectivity index (χ1) is 11.4. The highest BCUT2D eigenvalue weighted by atomic mass is 32.2. The van der Waals surface area contributed by atoms with Gasteiger partial charge in [-0.3, -0.25) is 14.9 Å². The lowest BCUT2D eigenvalue weighted by Gasteiger charge is -2.00. The Bertz CT molecular complexity index is 898. The molecule has 2 heterocycles. The van der Waals surface area contributed by atoms with Gasteiger partial charge in [0.25, 0.3) is 5.69 Å². The Labute approximate surface area is 147 Å². The van der Waals surface area contributed by atoms with Crippen LogP contribution in [0.1, 0.15) is 18.2 Å². The minimum Gasteiger partial charge on any atom is -0.457 e. The summed E-state index contributed by atoms with van der Waals surface area (Å²) in [6.07, 6.45) is 1.69. The van der Waals surface area contributed by atoms with Gasteiger partial charge in [0.2, 0.25) is 0 Å². The molecule has 0 saturated carbocycles. The number of carbonyl (C=O) groups excluding carboxylic acids is 1. The first kappa shape index (κ1) is 16.6. The van der Waals surface area contributed by atoms with Crippen LogP contribution in [0, 0.1) is 23.0 Å². The Hall–Kier alpha value is -2.25. The highest BCUT2D eigenvalue weighted by Gasteiger charge is 2.31. The van der Waals surface area contributed by atoms with E-state index in [1.807, 2.05) is 0 Å². The van der Waals surface area contributed by atoms with Crippen molar-refractivity contribution in [1.29, 1.82) is 0 Å². The molecule has 1 aliphatic rings. The molecule has 0 amide bonds. The molecule has 0 bridgehead atoms. The fourth-order valence-electron chi connectivity index (χ4n) is 2.40. The van der Waals surface area contributed by atoms with Crippen LogP contribution in [0.15, 0.2) is 39.7 Å². The second kappa shape index (κ2) is 6.33. The minimum absolute atomic E-state index is 0.00845. The Morgan fingerprint density at radius 3 is 2.67 bits per heavy atom. The summed E-state index contributed by atoms with van der Waals surface area (Å²) in [6, 6.07) is 8.35. The number of rotatable bonds is 3. The first-order valence-corrected chi connectivity index (χ1v) is 8.42. The number of Topliss-reactive ketones (excluding diaryl/α,β-unsaturated/α-hetero) is 1. The van der Waals surface area contributed by atoms with Crippen molar-refractivity contribution < 1.29 is 14.1 Å². The van der Waals surface area contributed by atoms with Gasteiger partial charge in [-0.2, -0.15) is 0 Å². The monoisotopic (exact) mass is 359 g/mol. The number of nitro benzene ring substituents is 1. The van der Waals surface area contributed by atoms with E-state index in [2.05, 4.69) is 0 Å². The molecule has 1 aromatic carbocycles. The van der Waals surface area contributed by atoms with E-state index in [1.165, 1.54) is 17.8 Å². The fourth-order valence-corrected chi connectivity index (χ4v) is 3.73. The third-order valence-corrected chi connectivity index (χ3v) is 5.48. The number of benzene rings is 1. The molecule has 1 unspecified atom stereocenters. The number of carbonyl (C=O) groups is 1. The van der Waals surface area contributed by atoms with E-state index in [4.69, 9.17) is 16.6 Å². The number of allylic oxidation sites excluding steroid dienone is 1. The standard InChI is InChI=1S/C17H13NO4S2/c1-9-7-11(3-5-13(9)18(20)21)14-6-4-12(22-14)8-15-16(19)10(2)17(23)24-15/h3-8,10H,1-2H3. The molecular formula is C17H13NO4S2. The van der Waals surface area contributed by atoms with Gasteiger partial charge in [-0.25, -0.2) is 0 Å². The molecule has 24 heavy (non-hydrogen) atoms. The van der Waals surface area contributed by atoms with Crippen LogP contribution in [0.3, 0.4) is 0 Å². The molecule has 122 valence electrons. The fraction of sp³-hybridized carbons (Fsp3) is 0.176. The summed E-state index contributed by atoms with van der Waals surface area (Å²) in [5.74, 6) is 0.900. The lowest BCUT2D eigenvalue weighted by molar-refractivity contribution is -0.385. The lowest BCUT2D eigenvalue weighted by atomic mass is 10.1. The predicted molar refractivity (Wildman–Crippen MR) is 97.9 cm³/mol. The van der Waals surface area contributed by atoms with Gasteiger partial charge < -0.3 is 4.42 Å². The van der Waals surface area contributed by atoms with Gasteiger partial charge in [-0.1, -0.05) is 24.0 Å². The smallest absolute Gasteiger partial charge is 0.272 e. The van der Waals surface area contributed by atoms with Crippen LogP contribution < -0.4 is 0 Å². The Kier molecular flexibility index (Phi) is 4.38. The van der Waals surface area contributed by atoms with Gasteiger partial charge in [0.15, 0.2) is 5.78 Å². The average Bonchev–Trinajstić information content (AvgIpc) is 3.09. The van der Waals surface area contributed by atoms with Crippen LogP contribution in [0.4, 0.5) is 5.69 Å². The van der Waals surface area contributed by atoms with E-state index in [1.54, 1.807) is 44.2 Å². The lowest BCUT2D eigenvalue weighted by Crippen LogP contribution is -2.07. The summed E-state index contributed by atoms with van der Waals surface area (Å²) in [4.78, 5) is 23.1. The molecule has 5 nitrogen and oxygen atoms in total. The number of thioether (sulfide) groups is 1. The van der Waals surface area contributed by atoms with E-state index >= 15 is 0 Å². The van der Waals surface area contributed by atoms with Gasteiger partial charge in [0, 0.05) is 17.2 Å². The molecule has 1 fully saturated rings. The normalized spacial score (nSPS) is 19.2. The molecule has 1 atom stereocenters. The zero-order chi connectivity index (χ0) is 17.4. The van der Waals surface area contributed by atoms with Crippen molar-refractivity contribution in [2.24, 2.45) is 5.92 Å². The SMILES string of the molecule is Cc1cc(-c2ccc(C=C3SC(=S)C(C)C3=O)o2)ccc1[N+](=O)[O-]. The quantitative estimate of drug-likeness (QED) is 0.340. The summed E-state index contributed by atoms with van der Waals surface area (Å²) in [7, 11) is 0. The molecule has 0 N–H and O–H groups in total. The van der Waals surface area contributed by atoms with Gasteiger partial charge in [-0.05, 0) is 44.2 Å². The molecular weight excluding hydrogens is 346 g/mol. The van der Waals surface area contributed by atoms with Crippen molar-refractivity contribution in [3.05, 3.63) is 56.7 Å². The molecule has 1 saturated heterocycles. The number of furan rings is 1. The maximum absolute atomic E-state index is 12.1. The maximum Gasteiger partial charge on any atom is 0.272 e. The van der Waals surface area contributed by atoms with Gasteiger partial charge in [0.1, 0.15) is 11.5 Å². The number of nitro groups is 1. The van der Waals surface area contributed by atoms with Crippen molar-refractivity contribution in [1.82, 2.24) is 0 Å². The third kappa shape index (κ3) is 3.05. The van der Waals surface area contributed by atoms with E-state index in [0.29, 0.717) is 26.2 Å². The molecule has 0 radical (unpaired) electrons. The van der Waals surface area contributed by atoms with Gasteiger partial charge in [0.05, 0.1) is 19.9 Å². The van der Waals surface area contributed by atoms with Crippen molar-refractivity contribution in [3.8, 4) is 11.3 Å². The highest BCUT2D eigenvalue weighted by Crippen LogP contribution is 2.36. The molecule has 1 aliphatic heterocycles. The second-order valence-electron chi connectivity index (χ2n) is 5.48. The van der Waals surface area contributed by atoms with Crippen LogP contribution in [-0.2, 0) is 4.79 Å². The van der Waals surface area contributed by atoms with Crippen LogP contribution >= 0.6 is 24.0 Å². The molecule has 0 aliphatic carbocycles. The molecule has 7 heteroatoms. The zero-order valence-corrected chi connectivity index (χ0v) is 14.6. The number of ketones is 1. The third-order valence-electron chi connectivity index (χ3n) is 3.78. The number of thiocarbonyl (C=S) groups is 1. The Balaban J connectivity index is 1.89. The molecule has 0 spiro atoms. The van der Waals surface area contributed by atoms with Crippen molar-refractivity contribution >= 4 is 45.7 Å². The molecule has 3 rings (SSSR count). The highest BCUT2D eigenvalue weighted by molar-refractivity contribution is 8.27. The number of aryl methyl sites for hydroxylation is 1. The van der Waals surface area contributed by atoms with Crippen LogP contribution in [0.25, 0.3) is 17.4 Å². The zero-order valence-electron chi connectivity index (χ0n) is 12.9. The van der Waals surface area contributed by atoms with Crippen LogP contribution in [0.2, 0.25) is 0 Å². The van der Waals surface area contributed by atoms with Gasteiger partial charge in [-0.15, -0.1) is 0 Å². The predicted octanol–water partition coefficient (Wildman–Crippen LogP) is 4.78. The summed E-state index contributed by atoms with van der Waals surface area (Å²) >= 11 is 6.45. The van der Waals surface area contributed by atoms with Crippen molar-refractivity contribution in [3.63, 3.8) is 0 Å². The minimum atomic E-state index is -0.413. The summed E-state index contributed by atoms with van der Waals surface area (Å²) in [6.45, 7) is 3.48. The van der Waals surface area contributed by atoms with E-state index < -0.39 is 4.92 Å². The van der Waals surface area contributed by atoms with Crippen LogP contribution in [-0.4, -0.2) is 14.9 Å².